The highest BCUT2D eigenvalue weighted by Gasteiger charge is 1.96. The lowest BCUT2D eigenvalue weighted by Gasteiger charge is -1.98. The fourth-order valence-electron chi connectivity index (χ4n) is 0.831. The third-order valence-electron chi connectivity index (χ3n) is 1.52. The number of allylic oxidation sites excluding steroid dienone is 1. The monoisotopic (exact) mass is 190 g/mol. The maximum Gasteiger partial charge on any atom is 0.330 e. The lowest BCUT2D eigenvalue weighted by Crippen LogP contribution is -1.96. The van der Waals surface area contributed by atoms with Crippen LogP contribution in [0, 0.1) is 0 Å². The predicted octanol–water partition coefficient (Wildman–Crippen LogP) is 2.51. The smallest absolute Gasteiger partial charge is 0.330 e. The van der Waals surface area contributed by atoms with Crippen LogP contribution in [0.3, 0.4) is 0 Å². The van der Waals surface area contributed by atoms with Crippen LogP contribution in [0.1, 0.15) is 26.2 Å². The van der Waals surface area contributed by atoms with E-state index in [4.69, 9.17) is 11.6 Å². The first kappa shape index (κ1) is 11.5. The minimum absolute atomic E-state index is 0.279. The first-order valence-electron chi connectivity index (χ1n) is 4.01. The van der Waals surface area contributed by atoms with Gasteiger partial charge in [-0.05, 0) is 26.2 Å². The van der Waals surface area contributed by atoms with Gasteiger partial charge in [-0.25, -0.2) is 4.79 Å². The lowest BCUT2D eigenvalue weighted by molar-refractivity contribution is -0.134. The number of alkyl halides is 1. The minimum Gasteiger partial charge on any atom is -0.466 e. The Morgan fingerprint density at radius 2 is 2.17 bits per heavy atom. The number of halogens is 1. The molecule has 0 saturated carbocycles. The van der Waals surface area contributed by atoms with Gasteiger partial charge in [0.15, 0.2) is 0 Å². The van der Waals surface area contributed by atoms with E-state index in [9.17, 15) is 4.79 Å². The second kappa shape index (κ2) is 7.17. The summed E-state index contributed by atoms with van der Waals surface area (Å²) in [7, 11) is 1.38. The number of ether oxygens (including phenoxy) is 1. The first-order chi connectivity index (χ1) is 5.70. The molecular weight excluding hydrogens is 176 g/mol. The van der Waals surface area contributed by atoms with E-state index in [-0.39, 0.29) is 5.97 Å². The highest BCUT2D eigenvalue weighted by molar-refractivity contribution is 6.17. The maximum absolute atomic E-state index is 10.7. The Kier molecular flexibility index (Phi) is 6.87. The minimum atomic E-state index is -0.279. The molecule has 0 aromatic carbocycles. The van der Waals surface area contributed by atoms with Crippen molar-refractivity contribution < 1.29 is 9.53 Å². The number of methoxy groups -OCH3 is 1. The Labute approximate surface area is 78.5 Å². The number of unbranched alkanes of at least 4 members (excludes halogenated alkanes) is 1. The molecule has 0 aliphatic heterocycles. The second-order valence-corrected chi connectivity index (χ2v) is 3.04. The quantitative estimate of drug-likeness (QED) is 0.288. The Morgan fingerprint density at radius 1 is 1.50 bits per heavy atom. The van der Waals surface area contributed by atoms with E-state index < -0.39 is 0 Å². The van der Waals surface area contributed by atoms with Gasteiger partial charge in [-0.2, -0.15) is 0 Å². The van der Waals surface area contributed by atoms with Gasteiger partial charge < -0.3 is 4.74 Å². The van der Waals surface area contributed by atoms with E-state index >= 15 is 0 Å². The van der Waals surface area contributed by atoms with Crippen molar-refractivity contribution in [3.63, 3.8) is 0 Å². The molecule has 0 atom stereocenters. The molecule has 70 valence electrons. The molecule has 0 unspecified atom stereocenters. The van der Waals surface area contributed by atoms with E-state index in [1.807, 2.05) is 6.92 Å². The highest BCUT2D eigenvalue weighted by Crippen LogP contribution is 2.06. The molecule has 0 fully saturated rings. The molecule has 3 heteroatoms. The molecule has 0 N–H and O–H groups in total. The van der Waals surface area contributed by atoms with Crippen molar-refractivity contribution in [1.29, 1.82) is 0 Å². The van der Waals surface area contributed by atoms with Crippen LogP contribution in [0.4, 0.5) is 0 Å². The van der Waals surface area contributed by atoms with E-state index in [0.717, 1.165) is 24.8 Å². The third-order valence-corrected chi connectivity index (χ3v) is 1.79. The summed E-state index contributed by atoms with van der Waals surface area (Å²) in [6.45, 7) is 1.92. The molecule has 2 nitrogen and oxygen atoms in total. The molecule has 0 rings (SSSR count). The largest absolute Gasteiger partial charge is 0.466 e. The summed E-state index contributed by atoms with van der Waals surface area (Å²) in [6.07, 6.45) is 4.47. The Morgan fingerprint density at radius 3 is 2.67 bits per heavy atom. The zero-order valence-corrected chi connectivity index (χ0v) is 8.36. The number of carbonyl (C=O) groups excluding carboxylic acids is 1. The van der Waals surface area contributed by atoms with E-state index in [2.05, 4.69) is 4.74 Å². The van der Waals surface area contributed by atoms with Crippen LogP contribution >= 0.6 is 11.6 Å². The summed E-state index contributed by atoms with van der Waals surface area (Å²) in [5, 5.41) is 0. The number of hydrogen-bond acceptors (Lipinski definition) is 2. The average molecular weight is 191 g/mol. The van der Waals surface area contributed by atoms with Gasteiger partial charge >= 0.3 is 5.97 Å². The molecule has 0 radical (unpaired) electrons. The van der Waals surface area contributed by atoms with Gasteiger partial charge in [0, 0.05) is 12.0 Å². The van der Waals surface area contributed by atoms with Crippen molar-refractivity contribution in [3.05, 3.63) is 11.6 Å². The first-order valence-corrected chi connectivity index (χ1v) is 4.55. The topological polar surface area (TPSA) is 26.3 Å². The molecule has 0 amide bonds. The maximum atomic E-state index is 10.7. The number of esters is 1. The number of hydrogen-bond donors (Lipinski definition) is 0. The zero-order chi connectivity index (χ0) is 9.40. The van der Waals surface area contributed by atoms with Gasteiger partial charge in [-0.1, -0.05) is 5.57 Å². The normalized spacial score (nSPS) is 11.4. The average Bonchev–Trinajstić information content (AvgIpc) is 2.05. The van der Waals surface area contributed by atoms with Crippen LogP contribution < -0.4 is 0 Å². The van der Waals surface area contributed by atoms with Gasteiger partial charge in [0.05, 0.1) is 7.11 Å². The van der Waals surface area contributed by atoms with Crippen molar-refractivity contribution in [2.45, 2.75) is 26.2 Å². The fraction of sp³-hybridized carbons (Fsp3) is 0.667. The molecule has 0 aliphatic carbocycles. The molecule has 0 aromatic rings. The molecule has 0 spiro atoms. The molecular formula is C9H15ClO2. The number of carbonyl (C=O) groups is 1. The molecule has 0 bridgehead atoms. The molecule has 0 heterocycles. The summed E-state index contributed by atoms with van der Waals surface area (Å²) in [5.41, 5.74) is 1.05. The molecule has 12 heavy (non-hydrogen) atoms. The summed E-state index contributed by atoms with van der Waals surface area (Å²) in [6, 6.07) is 0. The molecule has 0 aromatic heterocycles. The van der Waals surface area contributed by atoms with Gasteiger partial charge in [-0.15, -0.1) is 11.6 Å². The van der Waals surface area contributed by atoms with Crippen molar-refractivity contribution >= 4 is 17.6 Å². The van der Waals surface area contributed by atoms with Crippen molar-refractivity contribution in [2.24, 2.45) is 0 Å². The molecule has 0 aliphatic rings. The van der Waals surface area contributed by atoms with Crippen LogP contribution in [0.2, 0.25) is 0 Å². The van der Waals surface area contributed by atoms with Crippen molar-refractivity contribution in [1.82, 2.24) is 0 Å². The summed E-state index contributed by atoms with van der Waals surface area (Å²) in [4.78, 5) is 10.7. The van der Waals surface area contributed by atoms with E-state index in [1.54, 1.807) is 0 Å². The SMILES string of the molecule is COC(=O)/C=C(\C)CCCCCl. The van der Waals surface area contributed by atoms with Crippen molar-refractivity contribution in [2.75, 3.05) is 13.0 Å². The van der Waals surface area contributed by atoms with Gasteiger partial charge in [0.25, 0.3) is 0 Å². The summed E-state index contributed by atoms with van der Waals surface area (Å²) >= 11 is 5.51. The number of rotatable bonds is 5. The van der Waals surface area contributed by atoms with Gasteiger partial charge in [0.1, 0.15) is 0 Å². The fourth-order valence-corrected chi connectivity index (χ4v) is 1.02. The van der Waals surface area contributed by atoms with Crippen LogP contribution in [-0.4, -0.2) is 19.0 Å². The van der Waals surface area contributed by atoms with Crippen molar-refractivity contribution in [3.8, 4) is 0 Å². The molecule has 0 saturated heterocycles. The Balaban J connectivity index is 3.62. The third kappa shape index (κ3) is 6.23. The second-order valence-electron chi connectivity index (χ2n) is 2.66. The van der Waals surface area contributed by atoms with E-state index in [0.29, 0.717) is 5.88 Å². The van der Waals surface area contributed by atoms with Crippen LogP contribution in [-0.2, 0) is 9.53 Å². The van der Waals surface area contributed by atoms with Gasteiger partial charge in [-0.3, -0.25) is 0 Å². The van der Waals surface area contributed by atoms with Crippen LogP contribution in [0.25, 0.3) is 0 Å². The summed E-state index contributed by atoms with van der Waals surface area (Å²) in [5.74, 6) is 0.407. The Hall–Kier alpha value is -0.500. The summed E-state index contributed by atoms with van der Waals surface area (Å²) < 4.78 is 4.49. The highest BCUT2D eigenvalue weighted by atomic mass is 35.5. The predicted molar refractivity (Wildman–Crippen MR) is 50.3 cm³/mol. The van der Waals surface area contributed by atoms with E-state index in [1.165, 1.54) is 13.2 Å². The van der Waals surface area contributed by atoms with Crippen LogP contribution in [0.5, 0.6) is 0 Å². The Bertz CT molecular complexity index is 164. The standard InChI is InChI=1S/C9H15ClO2/c1-8(5-3-4-6-10)7-9(11)12-2/h7H,3-6H2,1-2H3/b8-7+. The van der Waals surface area contributed by atoms with Crippen LogP contribution in [0.15, 0.2) is 11.6 Å². The van der Waals surface area contributed by atoms with Gasteiger partial charge in [0.2, 0.25) is 0 Å². The lowest BCUT2D eigenvalue weighted by atomic mass is 10.1. The zero-order valence-electron chi connectivity index (χ0n) is 7.60.